The van der Waals surface area contributed by atoms with Crippen LogP contribution in [0.1, 0.15) is 55.2 Å². The smallest absolute Gasteiger partial charge is 0.250 e. The first-order chi connectivity index (χ1) is 19.9. The van der Waals surface area contributed by atoms with E-state index in [0.717, 1.165) is 11.3 Å². The van der Waals surface area contributed by atoms with Crippen molar-refractivity contribution < 1.29 is 14.3 Å². The molecule has 6 nitrogen and oxygen atoms in total. The molecule has 0 aromatic heterocycles. The number of carbonyl (C=O) groups is 2. The van der Waals surface area contributed by atoms with Crippen molar-refractivity contribution in [2.75, 3.05) is 26.3 Å². The molecule has 0 radical (unpaired) electrons. The van der Waals surface area contributed by atoms with Crippen molar-refractivity contribution in [2.24, 2.45) is 5.73 Å². The molecule has 1 aliphatic rings. The molecule has 1 atom stereocenters. The quantitative estimate of drug-likeness (QED) is 0.224. The minimum absolute atomic E-state index is 0.0974. The van der Waals surface area contributed by atoms with Crippen molar-refractivity contribution in [3.8, 4) is 0 Å². The van der Waals surface area contributed by atoms with E-state index >= 15 is 0 Å². The number of ketones is 1. The number of amides is 1. The summed E-state index contributed by atoms with van der Waals surface area (Å²) in [7, 11) is 0. The Labute approximate surface area is 247 Å². The average molecular weight is 572 g/mol. The van der Waals surface area contributed by atoms with Crippen LogP contribution in [0.3, 0.4) is 0 Å². The summed E-state index contributed by atoms with van der Waals surface area (Å²) in [6.45, 7) is 4.85. The molecule has 7 heteroatoms. The van der Waals surface area contributed by atoms with Gasteiger partial charge in [-0.3, -0.25) is 9.59 Å². The van der Waals surface area contributed by atoms with Crippen molar-refractivity contribution in [3.63, 3.8) is 0 Å². The molecule has 1 aliphatic heterocycles. The predicted octanol–water partition coefficient (Wildman–Crippen LogP) is 5.85. The standard InChI is InChI=1S/C34H38ClN3O3/c1-3-29-31(23(2)39)32(26-15-10-16-27(35)21-26)33(30(38-29)22-41-20-18-36)34(40)37-19-17-28(24-11-6-4-7-12-24)25-13-8-5-9-14-25/h4-16,21,28,32,38H,3,17-20,22,36H2,1-2H3,(H,37,40). The Bertz CT molecular complexity index is 1360. The summed E-state index contributed by atoms with van der Waals surface area (Å²) in [5, 5.41) is 7.07. The first kappa shape index (κ1) is 30.3. The fraction of sp³-hybridized carbons (Fsp3) is 0.294. The Kier molecular flexibility index (Phi) is 10.9. The molecule has 3 aromatic carbocycles. The van der Waals surface area contributed by atoms with Gasteiger partial charge in [-0.25, -0.2) is 0 Å². The van der Waals surface area contributed by atoms with E-state index in [1.165, 1.54) is 11.1 Å². The third-order valence-corrected chi connectivity index (χ3v) is 7.55. The van der Waals surface area contributed by atoms with Gasteiger partial charge in [0.2, 0.25) is 5.91 Å². The monoisotopic (exact) mass is 571 g/mol. The fourth-order valence-electron chi connectivity index (χ4n) is 5.48. The van der Waals surface area contributed by atoms with Gasteiger partial charge >= 0.3 is 0 Å². The van der Waals surface area contributed by atoms with Crippen LogP contribution >= 0.6 is 11.6 Å². The van der Waals surface area contributed by atoms with E-state index in [4.69, 9.17) is 22.1 Å². The van der Waals surface area contributed by atoms with Gasteiger partial charge in [-0.15, -0.1) is 0 Å². The zero-order valence-corrected chi connectivity index (χ0v) is 24.4. The van der Waals surface area contributed by atoms with Crippen molar-refractivity contribution in [1.29, 1.82) is 0 Å². The van der Waals surface area contributed by atoms with Gasteiger partial charge in [0.1, 0.15) is 0 Å². The highest BCUT2D eigenvalue weighted by atomic mass is 35.5. The first-order valence-corrected chi connectivity index (χ1v) is 14.5. The number of allylic oxidation sites excluding steroid dienone is 2. The fourth-order valence-corrected chi connectivity index (χ4v) is 5.68. The van der Waals surface area contributed by atoms with Crippen LogP contribution in [-0.2, 0) is 14.3 Å². The maximum Gasteiger partial charge on any atom is 0.250 e. The van der Waals surface area contributed by atoms with Crippen LogP contribution < -0.4 is 16.4 Å². The molecule has 214 valence electrons. The lowest BCUT2D eigenvalue weighted by Gasteiger charge is -2.33. The van der Waals surface area contributed by atoms with Crippen LogP contribution in [0.4, 0.5) is 0 Å². The molecule has 41 heavy (non-hydrogen) atoms. The molecule has 0 saturated carbocycles. The highest BCUT2D eigenvalue weighted by molar-refractivity contribution is 6.30. The summed E-state index contributed by atoms with van der Waals surface area (Å²) in [6.07, 6.45) is 1.30. The molecule has 1 amide bonds. The number of rotatable bonds is 13. The summed E-state index contributed by atoms with van der Waals surface area (Å²) in [4.78, 5) is 27.1. The molecule has 1 unspecified atom stereocenters. The highest BCUT2D eigenvalue weighted by Crippen LogP contribution is 2.40. The molecule has 0 aliphatic carbocycles. The van der Waals surface area contributed by atoms with Gasteiger partial charge in [0.25, 0.3) is 0 Å². The van der Waals surface area contributed by atoms with Crippen molar-refractivity contribution >= 4 is 23.3 Å². The van der Waals surface area contributed by atoms with E-state index in [2.05, 4.69) is 34.9 Å². The number of hydrogen-bond donors (Lipinski definition) is 3. The Hall–Kier alpha value is -3.71. The van der Waals surface area contributed by atoms with Gasteiger partial charge in [-0.1, -0.05) is 91.3 Å². The third-order valence-electron chi connectivity index (χ3n) is 7.32. The molecule has 0 saturated heterocycles. The van der Waals surface area contributed by atoms with Crippen molar-refractivity contribution in [1.82, 2.24) is 10.6 Å². The Morgan fingerprint density at radius 2 is 1.61 bits per heavy atom. The molecule has 3 aromatic rings. The number of nitrogens with two attached hydrogens (primary N) is 1. The lowest BCUT2D eigenvalue weighted by atomic mass is 9.78. The predicted molar refractivity (Wildman–Crippen MR) is 165 cm³/mol. The van der Waals surface area contributed by atoms with Gasteiger partial charge in [0.15, 0.2) is 5.78 Å². The zero-order chi connectivity index (χ0) is 29.2. The van der Waals surface area contributed by atoms with Crippen LogP contribution in [0.25, 0.3) is 0 Å². The van der Waals surface area contributed by atoms with Crippen molar-refractivity contribution in [3.05, 3.63) is 129 Å². The molecule has 0 bridgehead atoms. The van der Waals surface area contributed by atoms with Gasteiger partial charge in [0, 0.05) is 41.2 Å². The second-order valence-electron chi connectivity index (χ2n) is 10.1. The normalized spacial score (nSPS) is 15.2. The number of ether oxygens (including phenoxy) is 1. The van der Waals surface area contributed by atoms with E-state index in [1.807, 2.05) is 61.5 Å². The maximum atomic E-state index is 14.1. The minimum Gasteiger partial charge on any atom is -0.374 e. The second-order valence-corrected chi connectivity index (χ2v) is 10.5. The molecular formula is C34H38ClN3O3. The van der Waals surface area contributed by atoms with E-state index in [-0.39, 0.29) is 24.2 Å². The molecule has 0 fully saturated rings. The summed E-state index contributed by atoms with van der Waals surface area (Å²) in [6, 6.07) is 28.0. The third kappa shape index (κ3) is 7.53. The van der Waals surface area contributed by atoms with Crippen LogP contribution in [0, 0.1) is 0 Å². The number of halogens is 1. The molecule has 1 heterocycles. The molecule has 4 N–H and O–H groups in total. The number of benzene rings is 3. The van der Waals surface area contributed by atoms with Gasteiger partial charge in [-0.05, 0) is 48.6 Å². The Morgan fingerprint density at radius 3 is 2.17 bits per heavy atom. The summed E-state index contributed by atoms with van der Waals surface area (Å²) < 4.78 is 5.80. The Balaban J connectivity index is 1.67. The van der Waals surface area contributed by atoms with Crippen LogP contribution in [0.2, 0.25) is 5.02 Å². The topological polar surface area (TPSA) is 93.5 Å². The van der Waals surface area contributed by atoms with Gasteiger partial charge in [-0.2, -0.15) is 0 Å². The number of carbonyl (C=O) groups excluding carboxylic acids is 2. The summed E-state index contributed by atoms with van der Waals surface area (Å²) >= 11 is 6.39. The summed E-state index contributed by atoms with van der Waals surface area (Å²) in [5.41, 5.74) is 11.3. The van der Waals surface area contributed by atoms with Crippen LogP contribution in [-0.4, -0.2) is 38.0 Å². The number of dihydropyridines is 1. The van der Waals surface area contributed by atoms with Crippen molar-refractivity contribution in [2.45, 2.75) is 38.5 Å². The highest BCUT2D eigenvalue weighted by Gasteiger charge is 2.37. The van der Waals surface area contributed by atoms with E-state index < -0.39 is 5.92 Å². The summed E-state index contributed by atoms with van der Waals surface area (Å²) in [5.74, 6) is -0.813. The number of Topliss-reactive ketones (excluding diaryl/α,β-unsaturated/α-hetero) is 1. The molecule has 4 rings (SSSR count). The van der Waals surface area contributed by atoms with E-state index in [0.29, 0.717) is 54.4 Å². The number of hydrogen-bond acceptors (Lipinski definition) is 5. The lowest BCUT2D eigenvalue weighted by molar-refractivity contribution is -0.117. The second kappa shape index (κ2) is 14.8. The first-order valence-electron chi connectivity index (χ1n) is 14.1. The average Bonchev–Trinajstić information content (AvgIpc) is 2.99. The van der Waals surface area contributed by atoms with Crippen LogP contribution in [0.15, 0.2) is 107 Å². The lowest BCUT2D eigenvalue weighted by Crippen LogP contribution is -2.38. The van der Waals surface area contributed by atoms with Gasteiger partial charge < -0.3 is 21.1 Å². The zero-order valence-electron chi connectivity index (χ0n) is 23.7. The van der Waals surface area contributed by atoms with E-state index in [9.17, 15) is 9.59 Å². The maximum absolute atomic E-state index is 14.1. The van der Waals surface area contributed by atoms with Crippen LogP contribution in [0.5, 0.6) is 0 Å². The molecular weight excluding hydrogens is 534 g/mol. The molecule has 0 spiro atoms. The minimum atomic E-state index is -0.585. The SMILES string of the molecule is CCC1=C(C(C)=O)C(c2cccc(Cl)c2)C(C(=O)NCCC(c2ccccc2)c2ccccc2)=C(COCCN)N1. The van der Waals surface area contributed by atoms with Gasteiger partial charge in [0.05, 0.1) is 24.5 Å². The largest absolute Gasteiger partial charge is 0.374 e. The van der Waals surface area contributed by atoms with E-state index in [1.54, 1.807) is 13.0 Å². The number of nitrogens with one attached hydrogen (secondary N) is 2. The Morgan fingerprint density at radius 1 is 0.951 bits per heavy atom.